The number of hydrogen-bond donors (Lipinski definition) is 0. The molecule has 0 atom stereocenters. The molecule has 0 aliphatic rings. The van der Waals surface area contributed by atoms with Gasteiger partial charge in [-0.15, -0.1) is 10.2 Å². The maximum atomic E-state index is 5.69. The number of aromatic nitrogens is 2. The molecule has 4 nitrogen and oxygen atoms in total. The predicted molar refractivity (Wildman–Crippen MR) is 105 cm³/mol. The molecule has 0 fully saturated rings. The first-order chi connectivity index (χ1) is 12.2. The van der Waals surface area contributed by atoms with Gasteiger partial charge in [0.05, 0.1) is 0 Å². The van der Waals surface area contributed by atoms with Crippen LogP contribution < -0.4 is 9.47 Å². The van der Waals surface area contributed by atoms with Crippen LogP contribution in [0.1, 0.15) is 11.1 Å². The fourth-order valence-electron chi connectivity index (χ4n) is 1.88. The lowest BCUT2D eigenvalue weighted by molar-refractivity contribution is 0.392. The number of nitrogens with zero attached hydrogens (tertiary/aromatic N) is 2. The van der Waals surface area contributed by atoms with Gasteiger partial charge < -0.3 is 9.47 Å². The van der Waals surface area contributed by atoms with E-state index in [0.29, 0.717) is 11.9 Å². The van der Waals surface area contributed by atoms with Crippen molar-refractivity contribution in [3.63, 3.8) is 0 Å². The number of benzene rings is 2. The first-order valence-electron chi connectivity index (χ1n) is 7.67. The molecule has 0 aliphatic heterocycles. The van der Waals surface area contributed by atoms with Crippen LogP contribution in [-0.2, 0) is 0 Å². The summed E-state index contributed by atoms with van der Waals surface area (Å²) < 4.78 is 13.2. The van der Waals surface area contributed by atoms with Crippen LogP contribution in [0.2, 0.25) is 0 Å². The molecule has 0 N–H and O–H groups in total. The van der Waals surface area contributed by atoms with Crippen molar-refractivity contribution >= 4 is 34.9 Å². The van der Waals surface area contributed by atoms with Gasteiger partial charge in [0.2, 0.25) is 0 Å². The van der Waals surface area contributed by atoms with Crippen LogP contribution in [0.5, 0.6) is 11.5 Å². The molecule has 0 radical (unpaired) electrons. The molecule has 0 saturated heterocycles. The Kier molecular flexibility index (Phi) is 6.61. The minimum Gasteiger partial charge on any atom is -0.483 e. The molecule has 0 spiro atoms. The van der Waals surface area contributed by atoms with E-state index in [1.54, 1.807) is 34.9 Å². The summed E-state index contributed by atoms with van der Waals surface area (Å²) in [6.45, 7) is 4.11. The van der Waals surface area contributed by atoms with Gasteiger partial charge in [0.15, 0.2) is 8.68 Å². The number of ether oxygens (including phenoxy) is 2. The van der Waals surface area contributed by atoms with Crippen molar-refractivity contribution in [3.8, 4) is 11.5 Å². The summed E-state index contributed by atoms with van der Waals surface area (Å²) >= 11 is 4.63. The van der Waals surface area contributed by atoms with Crippen LogP contribution >= 0.6 is 34.9 Å². The van der Waals surface area contributed by atoms with Gasteiger partial charge >= 0.3 is 0 Å². The van der Waals surface area contributed by atoms with E-state index < -0.39 is 0 Å². The Bertz CT molecular complexity index is 723. The van der Waals surface area contributed by atoms with Crippen molar-refractivity contribution in [2.75, 3.05) is 11.9 Å². The highest BCUT2D eigenvalue weighted by Crippen LogP contribution is 2.29. The molecule has 0 unspecified atom stereocenters. The summed E-state index contributed by atoms with van der Waals surface area (Å²) in [4.78, 5) is 0. The number of rotatable bonds is 8. The smallest absolute Gasteiger partial charge is 0.178 e. The Morgan fingerprint density at radius 3 is 1.52 bits per heavy atom. The van der Waals surface area contributed by atoms with E-state index in [1.165, 1.54) is 11.1 Å². The molecule has 0 saturated carbocycles. The molecule has 1 heterocycles. The molecule has 0 amide bonds. The third kappa shape index (κ3) is 5.95. The minimum atomic E-state index is 0.516. The van der Waals surface area contributed by atoms with Crippen molar-refractivity contribution in [1.29, 1.82) is 0 Å². The Morgan fingerprint density at radius 1 is 0.720 bits per heavy atom. The maximum absolute atomic E-state index is 5.69. The molecule has 0 bridgehead atoms. The minimum absolute atomic E-state index is 0.516. The molecule has 2 aromatic carbocycles. The standard InChI is InChI=1S/C18H18N2O2S3/c1-13-3-7-15(8-4-13)21-11-23-17-19-20-18(25-17)24-12-22-16-9-5-14(2)6-10-16/h3-10H,11-12H2,1-2H3. The molecule has 7 heteroatoms. The average Bonchev–Trinajstić information content (AvgIpc) is 3.06. The van der Waals surface area contributed by atoms with E-state index in [1.807, 2.05) is 48.5 Å². The first-order valence-corrected chi connectivity index (χ1v) is 10.5. The Morgan fingerprint density at radius 2 is 1.12 bits per heavy atom. The van der Waals surface area contributed by atoms with Gasteiger partial charge in [-0.1, -0.05) is 70.3 Å². The van der Waals surface area contributed by atoms with E-state index in [4.69, 9.17) is 9.47 Å². The van der Waals surface area contributed by atoms with Gasteiger partial charge in [-0.25, -0.2) is 0 Å². The zero-order chi connectivity index (χ0) is 17.5. The quantitative estimate of drug-likeness (QED) is 0.378. The molecule has 3 aromatic rings. The van der Waals surface area contributed by atoms with E-state index in [-0.39, 0.29) is 0 Å². The van der Waals surface area contributed by atoms with Crippen LogP contribution in [0.3, 0.4) is 0 Å². The monoisotopic (exact) mass is 390 g/mol. The summed E-state index contributed by atoms with van der Waals surface area (Å²) in [7, 11) is 0. The second-order valence-corrected chi connectivity index (χ2v) is 8.59. The van der Waals surface area contributed by atoms with Gasteiger partial charge in [0.25, 0.3) is 0 Å². The summed E-state index contributed by atoms with van der Waals surface area (Å²) in [6.07, 6.45) is 0. The summed E-state index contributed by atoms with van der Waals surface area (Å²) in [5.41, 5.74) is 2.44. The normalized spacial score (nSPS) is 10.6. The van der Waals surface area contributed by atoms with Crippen LogP contribution in [0.25, 0.3) is 0 Å². The third-order valence-corrected chi connectivity index (χ3v) is 6.09. The van der Waals surface area contributed by atoms with Crippen molar-refractivity contribution < 1.29 is 9.47 Å². The van der Waals surface area contributed by atoms with E-state index in [9.17, 15) is 0 Å². The Balaban J connectivity index is 1.39. The van der Waals surface area contributed by atoms with Gasteiger partial charge in [0.1, 0.15) is 23.4 Å². The summed E-state index contributed by atoms with van der Waals surface area (Å²) in [5, 5.41) is 8.35. The maximum Gasteiger partial charge on any atom is 0.178 e. The highest BCUT2D eigenvalue weighted by atomic mass is 32.2. The van der Waals surface area contributed by atoms with Crippen molar-refractivity contribution in [2.24, 2.45) is 0 Å². The summed E-state index contributed by atoms with van der Waals surface area (Å²) in [6, 6.07) is 16.0. The highest BCUT2D eigenvalue weighted by Gasteiger charge is 2.06. The molecular weight excluding hydrogens is 372 g/mol. The largest absolute Gasteiger partial charge is 0.483 e. The molecule has 130 valence electrons. The lowest BCUT2D eigenvalue weighted by atomic mass is 10.2. The van der Waals surface area contributed by atoms with Crippen molar-refractivity contribution in [2.45, 2.75) is 22.5 Å². The highest BCUT2D eigenvalue weighted by molar-refractivity contribution is 8.03. The number of thioether (sulfide) groups is 2. The molecule has 1 aromatic heterocycles. The third-order valence-electron chi connectivity index (χ3n) is 3.25. The number of hydrogen-bond acceptors (Lipinski definition) is 7. The van der Waals surface area contributed by atoms with E-state index in [2.05, 4.69) is 24.0 Å². The van der Waals surface area contributed by atoms with Gasteiger partial charge in [-0.3, -0.25) is 0 Å². The van der Waals surface area contributed by atoms with E-state index in [0.717, 1.165) is 20.2 Å². The summed E-state index contributed by atoms with van der Waals surface area (Å²) in [5.74, 6) is 2.76. The van der Waals surface area contributed by atoms with E-state index >= 15 is 0 Å². The van der Waals surface area contributed by atoms with Gasteiger partial charge in [-0.05, 0) is 38.1 Å². The lowest BCUT2D eigenvalue weighted by Crippen LogP contribution is -1.92. The second-order valence-electron chi connectivity index (χ2n) is 5.27. The van der Waals surface area contributed by atoms with Gasteiger partial charge in [-0.2, -0.15) is 0 Å². The zero-order valence-electron chi connectivity index (χ0n) is 14.0. The predicted octanol–water partition coefficient (Wildman–Crippen LogP) is 5.41. The molecule has 0 aliphatic carbocycles. The average molecular weight is 391 g/mol. The zero-order valence-corrected chi connectivity index (χ0v) is 16.4. The lowest BCUT2D eigenvalue weighted by Gasteiger charge is -2.04. The van der Waals surface area contributed by atoms with Crippen LogP contribution in [0, 0.1) is 13.8 Å². The molecular formula is C18H18N2O2S3. The topological polar surface area (TPSA) is 44.2 Å². The molecule has 3 rings (SSSR count). The van der Waals surface area contributed by atoms with Gasteiger partial charge in [0, 0.05) is 0 Å². The molecule has 25 heavy (non-hydrogen) atoms. The Hall–Kier alpha value is -1.70. The second kappa shape index (κ2) is 9.12. The van der Waals surface area contributed by atoms with Crippen molar-refractivity contribution in [3.05, 3.63) is 59.7 Å². The Labute approximate surface area is 160 Å². The fourth-order valence-corrected chi connectivity index (χ4v) is 4.37. The first kappa shape index (κ1) is 18.1. The SMILES string of the molecule is Cc1ccc(OCSc2nnc(SCOc3ccc(C)cc3)s2)cc1. The van der Waals surface area contributed by atoms with Crippen molar-refractivity contribution in [1.82, 2.24) is 10.2 Å². The van der Waals surface area contributed by atoms with Crippen LogP contribution in [-0.4, -0.2) is 22.1 Å². The van der Waals surface area contributed by atoms with Crippen LogP contribution in [0.4, 0.5) is 0 Å². The number of aryl methyl sites for hydroxylation is 2. The fraction of sp³-hybridized carbons (Fsp3) is 0.222. The van der Waals surface area contributed by atoms with Crippen LogP contribution in [0.15, 0.2) is 57.2 Å².